The molecule has 1 aliphatic rings. The number of carbonyl (C=O) groups excluding carboxylic acids is 1. The normalized spacial score (nSPS) is 17.7. The summed E-state index contributed by atoms with van der Waals surface area (Å²) in [6, 6.07) is 0. The van der Waals surface area contributed by atoms with Crippen LogP contribution in [0.3, 0.4) is 0 Å². The lowest BCUT2D eigenvalue weighted by atomic mass is 9.97. The summed E-state index contributed by atoms with van der Waals surface area (Å²) in [5.41, 5.74) is -0.412. The number of hydrogen-bond acceptors (Lipinski definition) is 5. The van der Waals surface area contributed by atoms with Gasteiger partial charge < -0.3 is 13.6 Å². The summed E-state index contributed by atoms with van der Waals surface area (Å²) in [5.74, 6) is 0.343. The van der Waals surface area contributed by atoms with Crippen molar-refractivity contribution >= 4 is 14.3 Å². The number of rotatable bonds is 5. The summed E-state index contributed by atoms with van der Waals surface area (Å²) >= 11 is 0. The van der Waals surface area contributed by atoms with Crippen LogP contribution in [0.4, 0.5) is 0 Å². The van der Waals surface area contributed by atoms with Crippen LogP contribution in [0.5, 0.6) is 0 Å². The minimum atomic E-state index is -1.85. The molecule has 0 spiro atoms. The first-order chi connectivity index (χ1) is 10.8. The topological polar surface area (TPSA) is 61.6 Å². The zero-order valence-electron chi connectivity index (χ0n) is 16.3. The van der Waals surface area contributed by atoms with Gasteiger partial charge >= 0.3 is 5.97 Å². The lowest BCUT2D eigenvalue weighted by molar-refractivity contribution is -0.161. The third kappa shape index (κ3) is 4.09. The largest absolute Gasteiger partial charge is 0.452 e. The van der Waals surface area contributed by atoms with Crippen molar-refractivity contribution in [3.63, 3.8) is 0 Å². The number of nitrogens with zero attached hydrogens (tertiary/aromatic N) is 1. The Morgan fingerprint density at radius 2 is 1.83 bits per heavy atom. The van der Waals surface area contributed by atoms with E-state index in [2.05, 4.69) is 38.8 Å². The molecule has 0 N–H and O–H groups in total. The zero-order chi connectivity index (χ0) is 18.4. The molecule has 2 rings (SSSR count). The predicted molar refractivity (Wildman–Crippen MR) is 94.9 cm³/mol. The van der Waals surface area contributed by atoms with E-state index in [1.54, 1.807) is 6.26 Å². The molecule has 0 amide bonds. The monoisotopic (exact) mass is 353 g/mol. The van der Waals surface area contributed by atoms with E-state index in [1.807, 2.05) is 20.8 Å². The van der Waals surface area contributed by atoms with Crippen LogP contribution in [-0.4, -0.2) is 19.3 Å². The van der Waals surface area contributed by atoms with Crippen molar-refractivity contribution in [3.05, 3.63) is 17.8 Å². The van der Waals surface area contributed by atoms with Gasteiger partial charge in [0, 0.05) is 0 Å². The second-order valence-corrected chi connectivity index (χ2v) is 14.1. The maximum Gasteiger partial charge on any atom is 0.312 e. The van der Waals surface area contributed by atoms with E-state index in [1.165, 1.54) is 0 Å². The molecule has 0 bridgehead atoms. The first-order valence-electron chi connectivity index (χ1n) is 8.59. The number of oxazole rings is 1. The van der Waals surface area contributed by atoms with E-state index in [-0.39, 0.29) is 11.0 Å². The van der Waals surface area contributed by atoms with Gasteiger partial charge in [-0.3, -0.25) is 4.79 Å². The molecule has 1 aromatic rings. The van der Waals surface area contributed by atoms with Gasteiger partial charge in [-0.05, 0) is 51.7 Å². The van der Waals surface area contributed by atoms with Gasteiger partial charge in [0.05, 0.1) is 5.41 Å². The van der Waals surface area contributed by atoms with Crippen LogP contribution in [0.1, 0.15) is 66.0 Å². The first-order valence-corrected chi connectivity index (χ1v) is 11.5. The van der Waals surface area contributed by atoms with Gasteiger partial charge in [-0.2, -0.15) is 0 Å². The Labute approximate surface area is 146 Å². The number of esters is 1. The fraction of sp³-hybridized carbons (Fsp3) is 0.778. The quantitative estimate of drug-likeness (QED) is 0.563. The summed E-state index contributed by atoms with van der Waals surface area (Å²) in [6.45, 7) is 16.9. The van der Waals surface area contributed by atoms with E-state index in [9.17, 15) is 4.79 Å². The van der Waals surface area contributed by atoms with E-state index < -0.39 is 19.3 Å². The van der Waals surface area contributed by atoms with E-state index in [0.717, 1.165) is 12.8 Å². The fourth-order valence-corrected chi connectivity index (χ4v) is 2.82. The molecule has 1 aromatic heterocycles. The summed E-state index contributed by atoms with van der Waals surface area (Å²) in [5, 5.41) is 0.141. The summed E-state index contributed by atoms with van der Waals surface area (Å²) < 4.78 is 17.4. The highest BCUT2D eigenvalue weighted by molar-refractivity contribution is 6.74. The molecule has 0 radical (unpaired) electrons. The molecule has 24 heavy (non-hydrogen) atoms. The Hall–Kier alpha value is -1.14. The third-order valence-electron chi connectivity index (χ3n) is 4.99. The molecule has 0 atom stereocenters. The van der Waals surface area contributed by atoms with Crippen LogP contribution in [0.15, 0.2) is 10.7 Å². The standard InChI is InChI=1S/C18H31NO4Si/c1-16(2,3)15(20)23-18(9-10-18)13-11-21-14(19-13)12-22-24(7,8)17(4,5)6/h11H,9-10,12H2,1-8H3. The molecule has 1 fully saturated rings. The molecule has 1 heterocycles. The van der Waals surface area contributed by atoms with E-state index in [0.29, 0.717) is 18.2 Å². The van der Waals surface area contributed by atoms with E-state index >= 15 is 0 Å². The minimum Gasteiger partial charge on any atom is -0.452 e. The number of ether oxygens (including phenoxy) is 1. The van der Waals surface area contributed by atoms with Crippen molar-refractivity contribution in [3.8, 4) is 0 Å². The molecular weight excluding hydrogens is 322 g/mol. The molecule has 6 heteroatoms. The van der Waals surface area contributed by atoms with Crippen molar-refractivity contribution in [1.29, 1.82) is 0 Å². The van der Waals surface area contributed by atoms with Gasteiger partial charge in [0.25, 0.3) is 0 Å². The van der Waals surface area contributed by atoms with Crippen LogP contribution in [0.25, 0.3) is 0 Å². The molecule has 1 saturated carbocycles. The molecule has 1 aliphatic carbocycles. The zero-order valence-corrected chi connectivity index (χ0v) is 17.3. The summed E-state index contributed by atoms with van der Waals surface area (Å²) in [7, 11) is -1.85. The minimum absolute atomic E-state index is 0.141. The van der Waals surface area contributed by atoms with Gasteiger partial charge in [-0.1, -0.05) is 20.8 Å². The fourth-order valence-electron chi connectivity index (χ4n) is 1.90. The molecule has 136 valence electrons. The van der Waals surface area contributed by atoms with Crippen molar-refractivity contribution in [2.75, 3.05) is 0 Å². The lowest BCUT2D eigenvalue weighted by Gasteiger charge is -2.35. The van der Waals surface area contributed by atoms with Crippen molar-refractivity contribution in [1.82, 2.24) is 4.98 Å². The van der Waals surface area contributed by atoms with Crippen LogP contribution < -0.4 is 0 Å². The SMILES string of the molecule is CC(C)(C)C(=O)OC1(c2coc(CO[Si](C)(C)C(C)(C)C)n2)CC1. The Bertz CT molecular complexity index is 603. The summed E-state index contributed by atoms with van der Waals surface area (Å²) in [6.07, 6.45) is 3.20. The van der Waals surface area contributed by atoms with Crippen LogP contribution in [0.2, 0.25) is 18.1 Å². The highest BCUT2D eigenvalue weighted by Gasteiger charge is 2.52. The summed E-state index contributed by atoms with van der Waals surface area (Å²) in [4.78, 5) is 16.7. The predicted octanol–water partition coefficient (Wildman–Crippen LogP) is 4.77. The first kappa shape index (κ1) is 19.2. The highest BCUT2D eigenvalue weighted by atomic mass is 28.4. The Morgan fingerprint density at radius 3 is 2.29 bits per heavy atom. The number of carbonyl (C=O) groups is 1. The maximum atomic E-state index is 12.2. The Kier molecular flexibility index (Phi) is 4.78. The molecule has 0 unspecified atom stereocenters. The van der Waals surface area contributed by atoms with E-state index in [4.69, 9.17) is 13.6 Å². The van der Waals surface area contributed by atoms with Crippen LogP contribution in [-0.2, 0) is 26.2 Å². The number of hydrogen-bond donors (Lipinski definition) is 0. The van der Waals surface area contributed by atoms with Gasteiger partial charge in [-0.25, -0.2) is 4.98 Å². The van der Waals surface area contributed by atoms with Gasteiger partial charge in [0.2, 0.25) is 5.89 Å². The van der Waals surface area contributed by atoms with Crippen molar-refractivity contribution in [2.45, 2.75) is 84.7 Å². The molecule has 0 saturated heterocycles. The average molecular weight is 354 g/mol. The Morgan fingerprint density at radius 1 is 1.25 bits per heavy atom. The molecular formula is C18H31NO4Si. The van der Waals surface area contributed by atoms with Gasteiger partial charge in [0.1, 0.15) is 18.6 Å². The third-order valence-corrected chi connectivity index (χ3v) is 9.46. The number of aromatic nitrogens is 1. The van der Waals surface area contributed by atoms with Crippen molar-refractivity contribution in [2.24, 2.45) is 5.41 Å². The second kappa shape index (κ2) is 5.99. The highest BCUT2D eigenvalue weighted by Crippen LogP contribution is 2.50. The Balaban J connectivity index is 2.02. The van der Waals surface area contributed by atoms with Gasteiger partial charge in [0.15, 0.2) is 13.9 Å². The van der Waals surface area contributed by atoms with Crippen LogP contribution in [0, 0.1) is 5.41 Å². The van der Waals surface area contributed by atoms with Crippen LogP contribution >= 0.6 is 0 Å². The molecule has 0 aromatic carbocycles. The second-order valence-electron chi connectivity index (χ2n) is 9.31. The lowest BCUT2D eigenvalue weighted by Crippen LogP contribution is -2.40. The van der Waals surface area contributed by atoms with Gasteiger partial charge in [-0.15, -0.1) is 0 Å². The maximum absolute atomic E-state index is 12.2. The smallest absolute Gasteiger partial charge is 0.312 e. The molecule has 5 nitrogen and oxygen atoms in total. The molecule has 0 aliphatic heterocycles. The average Bonchev–Trinajstić information content (AvgIpc) is 3.02. The van der Waals surface area contributed by atoms with Crippen molar-refractivity contribution < 1.29 is 18.4 Å².